The Labute approximate surface area is 168 Å². The van der Waals surface area contributed by atoms with E-state index >= 15 is 0 Å². The van der Waals surface area contributed by atoms with Crippen LogP contribution in [0.3, 0.4) is 0 Å². The van der Waals surface area contributed by atoms with Crippen LogP contribution in [-0.2, 0) is 11.2 Å². The largest absolute Gasteiger partial charge is 0.353 e. The van der Waals surface area contributed by atoms with Crippen molar-refractivity contribution in [1.29, 1.82) is 0 Å². The lowest BCUT2D eigenvalue weighted by molar-refractivity contribution is -0.130. The van der Waals surface area contributed by atoms with Gasteiger partial charge in [-0.25, -0.2) is 19.3 Å². The fourth-order valence-corrected chi connectivity index (χ4v) is 3.26. The van der Waals surface area contributed by atoms with Gasteiger partial charge in [0.05, 0.1) is 6.42 Å². The van der Waals surface area contributed by atoms with Gasteiger partial charge in [0.25, 0.3) is 0 Å². The molecule has 0 bridgehead atoms. The van der Waals surface area contributed by atoms with Crippen molar-refractivity contribution in [2.75, 3.05) is 36.4 Å². The third-order valence-electron chi connectivity index (χ3n) is 4.83. The highest BCUT2D eigenvalue weighted by atomic mass is 19.1. The van der Waals surface area contributed by atoms with Crippen molar-refractivity contribution in [3.05, 3.63) is 72.4 Å². The molecule has 1 fully saturated rings. The zero-order valence-electron chi connectivity index (χ0n) is 15.8. The van der Waals surface area contributed by atoms with Gasteiger partial charge in [0, 0.05) is 38.4 Å². The normalized spacial score (nSPS) is 14.0. The maximum Gasteiger partial charge on any atom is 0.227 e. The smallest absolute Gasteiger partial charge is 0.227 e. The minimum atomic E-state index is -0.339. The van der Waals surface area contributed by atoms with E-state index in [1.165, 1.54) is 12.4 Å². The number of hydrogen-bond donors (Lipinski definition) is 1. The highest BCUT2D eigenvalue weighted by molar-refractivity contribution is 5.79. The summed E-state index contributed by atoms with van der Waals surface area (Å²) in [4.78, 5) is 29.2. The number of piperazine rings is 1. The first-order chi connectivity index (χ1) is 14.2. The van der Waals surface area contributed by atoms with Crippen LogP contribution in [0.1, 0.15) is 5.56 Å². The van der Waals surface area contributed by atoms with Gasteiger partial charge in [-0.15, -0.1) is 0 Å². The Morgan fingerprint density at radius 3 is 2.52 bits per heavy atom. The van der Waals surface area contributed by atoms with Crippen LogP contribution in [0.4, 0.5) is 21.8 Å². The average molecular weight is 392 g/mol. The van der Waals surface area contributed by atoms with Gasteiger partial charge in [0.1, 0.15) is 29.6 Å². The fourth-order valence-electron chi connectivity index (χ4n) is 3.26. The number of carbonyl (C=O) groups is 1. The first-order valence-corrected chi connectivity index (χ1v) is 9.45. The minimum Gasteiger partial charge on any atom is -0.353 e. The van der Waals surface area contributed by atoms with E-state index in [4.69, 9.17) is 0 Å². The summed E-state index contributed by atoms with van der Waals surface area (Å²) in [5.41, 5.74) is 0.431. The van der Waals surface area contributed by atoms with Gasteiger partial charge in [0.2, 0.25) is 5.91 Å². The molecule has 148 valence electrons. The number of amides is 1. The van der Waals surface area contributed by atoms with Crippen molar-refractivity contribution in [1.82, 2.24) is 19.9 Å². The molecule has 3 aromatic rings. The molecule has 0 unspecified atom stereocenters. The number of anilines is 3. The maximum atomic E-state index is 13.8. The van der Waals surface area contributed by atoms with E-state index in [0.717, 1.165) is 5.82 Å². The van der Waals surface area contributed by atoms with Crippen LogP contribution in [0.25, 0.3) is 0 Å². The molecule has 0 spiro atoms. The molecule has 1 N–H and O–H groups in total. The second-order valence-electron chi connectivity index (χ2n) is 6.74. The summed E-state index contributed by atoms with van der Waals surface area (Å²) in [7, 11) is 0. The van der Waals surface area contributed by atoms with Gasteiger partial charge in [-0.3, -0.25) is 4.79 Å². The molecule has 1 aliphatic heterocycles. The number of pyridine rings is 1. The third kappa shape index (κ3) is 4.66. The van der Waals surface area contributed by atoms with Crippen molar-refractivity contribution < 1.29 is 9.18 Å². The minimum absolute atomic E-state index is 0.0602. The molecule has 0 saturated carbocycles. The second kappa shape index (κ2) is 8.64. The topological polar surface area (TPSA) is 74.2 Å². The Morgan fingerprint density at radius 2 is 1.76 bits per heavy atom. The van der Waals surface area contributed by atoms with Gasteiger partial charge in [-0.05, 0) is 23.8 Å². The Hall–Kier alpha value is -3.55. The first-order valence-electron chi connectivity index (χ1n) is 9.45. The predicted molar refractivity (Wildman–Crippen MR) is 108 cm³/mol. The van der Waals surface area contributed by atoms with Crippen molar-refractivity contribution in [3.63, 3.8) is 0 Å². The lowest BCUT2D eigenvalue weighted by Crippen LogP contribution is -2.49. The number of hydrogen-bond acceptors (Lipinski definition) is 6. The van der Waals surface area contributed by atoms with Gasteiger partial charge < -0.3 is 15.1 Å². The first kappa shape index (κ1) is 18.8. The van der Waals surface area contributed by atoms with Crippen molar-refractivity contribution in [3.8, 4) is 0 Å². The summed E-state index contributed by atoms with van der Waals surface area (Å²) in [6, 6.07) is 13.9. The highest BCUT2D eigenvalue weighted by Gasteiger charge is 2.23. The van der Waals surface area contributed by atoms with Gasteiger partial charge in [-0.2, -0.15) is 0 Å². The van der Waals surface area contributed by atoms with Crippen molar-refractivity contribution >= 4 is 23.4 Å². The quantitative estimate of drug-likeness (QED) is 0.720. The predicted octanol–water partition coefficient (Wildman–Crippen LogP) is 2.65. The van der Waals surface area contributed by atoms with Crippen LogP contribution < -0.4 is 10.2 Å². The Kier molecular flexibility index (Phi) is 5.60. The van der Waals surface area contributed by atoms with Gasteiger partial charge >= 0.3 is 0 Å². The third-order valence-corrected chi connectivity index (χ3v) is 4.83. The second-order valence-corrected chi connectivity index (χ2v) is 6.74. The van der Waals surface area contributed by atoms with Crippen LogP contribution in [0.2, 0.25) is 0 Å². The lowest BCUT2D eigenvalue weighted by Gasteiger charge is -2.35. The molecule has 7 nitrogen and oxygen atoms in total. The fraction of sp³-hybridized carbons (Fsp3) is 0.238. The number of aromatic nitrogens is 3. The standard InChI is InChI=1S/C21H21FN6O/c22-17-6-2-1-5-16(17)13-21(29)28-11-9-27(10-12-28)20-14-19(24-15-25-20)26-18-7-3-4-8-23-18/h1-8,14-15H,9-13H2,(H,23,24,25,26). The average Bonchev–Trinajstić information content (AvgIpc) is 2.76. The molecular weight excluding hydrogens is 371 g/mol. The van der Waals surface area contributed by atoms with Crippen LogP contribution in [0.15, 0.2) is 61.1 Å². The van der Waals surface area contributed by atoms with Gasteiger partial charge in [-0.1, -0.05) is 24.3 Å². The van der Waals surface area contributed by atoms with E-state index < -0.39 is 0 Å². The van der Waals surface area contributed by atoms with E-state index in [9.17, 15) is 9.18 Å². The van der Waals surface area contributed by atoms with Crippen molar-refractivity contribution in [2.24, 2.45) is 0 Å². The highest BCUT2D eigenvalue weighted by Crippen LogP contribution is 2.19. The molecule has 4 rings (SSSR count). The Morgan fingerprint density at radius 1 is 0.966 bits per heavy atom. The zero-order valence-corrected chi connectivity index (χ0v) is 15.8. The Bertz CT molecular complexity index is 976. The molecule has 1 aromatic carbocycles. The molecular formula is C21H21FN6O. The summed E-state index contributed by atoms with van der Waals surface area (Å²) < 4.78 is 13.8. The van der Waals surface area contributed by atoms with E-state index in [2.05, 4.69) is 25.2 Å². The summed E-state index contributed by atoms with van der Waals surface area (Å²) in [5, 5.41) is 3.15. The van der Waals surface area contributed by atoms with E-state index in [1.807, 2.05) is 24.3 Å². The molecule has 8 heteroatoms. The van der Waals surface area contributed by atoms with Crippen molar-refractivity contribution in [2.45, 2.75) is 6.42 Å². The number of carbonyl (C=O) groups excluding carboxylic acids is 1. The molecule has 0 radical (unpaired) electrons. The summed E-state index contributed by atoms with van der Waals surface area (Å²) in [6.45, 7) is 2.45. The van der Waals surface area contributed by atoms with E-state index in [1.54, 1.807) is 29.3 Å². The number of rotatable bonds is 5. The molecule has 2 aromatic heterocycles. The molecule has 0 aliphatic carbocycles. The monoisotopic (exact) mass is 392 g/mol. The Balaban J connectivity index is 1.35. The number of nitrogens with zero attached hydrogens (tertiary/aromatic N) is 5. The summed E-state index contributed by atoms with van der Waals surface area (Å²) in [5.74, 6) is 1.76. The SMILES string of the molecule is O=C(Cc1ccccc1F)N1CCN(c2cc(Nc3ccccn3)ncn2)CC1. The van der Waals surface area contributed by atoms with Crippen LogP contribution in [0, 0.1) is 5.82 Å². The zero-order chi connectivity index (χ0) is 20.1. The lowest BCUT2D eigenvalue weighted by atomic mass is 10.1. The summed E-state index contributed by atoms with van der Waals surface area (Å²) in [6.07, 6.45) is 3.30. The van der Waals surface area contributed by atoms with E-state index in [0.29, 0.717) is 43.4 Å². The van der Waals surface area contributed by atoms with Gasteiger partial charge in [0.15, 0.2) is 0 Å². The maximum absolute atomic E-state index is 13.8. The van der Waals surface area contributed by atoms with Crippen LogP contribution >= 0.6 is 0 Å². The summed E-state index contributed by atoms with van der Waals surface area (Å²) >= 11 is 0. The van der Waals surface area contributed by atoms with E-state index in [-0.39, 0.29) is 18.1 Å². The van der Waals surface area contributed by atoms with Crippen LogP contribution in [0.5, 0.6) is 0 Å². The molecule has 3 heterocycles. The number of nitrogens with one attached hydrogen (secondary N) is 1. The van der Waals surface area contributed by atoms with Crippen LogP contribution in [-0.4, -0.2) is 51.9 Å². The number of benzene rings is 1. The molecule has 0 atom stereocenters. The molecule has 1 saturated heterocycles. The number of halogens is 1. The molecule has 29 heavy (non-hydrogen) atoms. The molecule has 1 aliphatic rings. The molecule has 1 amide bonds.